The molecule has 0 bridgehead atoms. The van der Waals surface area contributed by atoms with Gasteiger partial charge in [-0.05, 0) is 18.2 Å². The zero-order chi connectivity index (χ0) is 13.4. The highest BCUT2D eigenvalue weighted by atomic mass is 16.5. The van der Waals surface area contributed by atoms with E-state index < -0.39 is 6.09 Å². The molecule has 2 amide bonds. The van der Waals surface area contributed by atoms with Crippen molar-refractivity contribution in [1.29, 1.82) is 0 Å². The monoisotopic (exact) mass is 252 g/mol. The number of nitrogens with one attached hydrogen (secondary N) is 2. The number of carbonyl (C=O) groups excluding carboxylic acids is 2. The Kier molecular flexibility index (Phi) is 5.50. The van der Waals surface area contributed by atoms with E-state index in [1.54, 1.807) is 24.3 Å². The molecule has 0 aliphatic rings. The molecule has 0 aliphatic heterocycles. The minimum atomic E-state index is -0.523. The van der Waals surface area contributed by atoms with E-state index in [2.05, 4.69) is 15.4 Å². The quantitative estimate of drug-likeness (QED) is 0.759. The third-order valence-electron chi connectivity index (χ3n) is 2.20. The fraction of sp³-hybridized carbons (Fsp3) is 0.333. The summed E-state index contributed by atoms with van der Waals surface area (Å²) in [6.07, 6.45) is -0.523. The summed E-state index contributed by atoms with van der Waals surface area (Å²) in [6, 6.07) is 6.82. The molecule has 0 saturated carbocycles. The van der Waals surface area contributed by atoms with E-state index in [-0.39, 0.29) is 5.91 Å². The number of hydrogen-bond acceptors (Lipinski definition) is 4. The van der Waals surface area contributed by atoms with Crippen molar-refractivity contribution in [2.75, 3.05) is 27.3 Å². The molecule has 0 fully saturated rings. The molecule has 6 nitrogen and oxygen atoms in total. The number of ether oxygens (including phenoxy) is 2. The topological polar surface area (TPSA) is 76.7 Å². The molecule has 0 aliphatic carbocycles. The number of hydrogen-bond donors (Lipinski definition) is 2. The fourth-order valence-electron chi connectivity index (χ4n) is 1.28. The molecular weight excluding hydrogens is 236 g/mol. The summed E-state index contributed by atoms with van der Waals surface area (Å²) in [7, 11) is 2.82. The molecule has 1 aromatic rings. The van der Waals surface area contributed by atoms with Crippen LogP contribution in [0.4, 0.5) is 4.79 Å². The largest absolute Gasteiger partial charge is 0.497 e. The van der Waals surface area contributed by atoms with Crippen LogP contribution in [0, 0.1) is 0 Å². The highest BCUT2D eigenvalue weighted by Crippen LogP contribution is 2.11. The predicted molar refractivity (Wildman–Crippen MR) is 65.7 cm³/mol. The summed E-state index contributed by atoms with van der Waals surface area (Å²) in [4.78, 5) is 22.5. The number of carbonyl (C=O) groups is 2. The van der Waals surface area contributed by atoms with E-state index in [1.807, 2.05) is 0 Å². The summed E-state index contributed by atoms with van der Waals surface area (Å²) in [5, 5.41) is 5.13. The maximum absolute atomic E-state index is 11.7. The van der Waals surface area contributed by atoms with E-state index in [0.29, 0.717) is 24.4 Å². The fourth-order valence-corrected chi connectivity index (χ4v) is 1.28. The Morgan fingerprint density at radius 3 is 2.56 bits per heavy atom. The van der Waals surface area contributed by atoms with Gasteiger partial charge in [-0.2, -0.15) is 0 Å². The van der Waals surface area contributed by atoms with Crippen LogP contribution in [0.3, 0.4) is 0 Å². The van der Waals surface area contributed by atoms with Crippen LogP contribution in [0.5, 0.6) is 5.75 Å². The minimum Gasteiger partial charge on any atom is -0.497 e. The maximum Gasteiger partial charge on any atom is 0.406 e. The molecule has 98 valence electrons. The number of methoxy groups -OCH3 is 2. The van der Waals surface area contributed by atoms with E-state index in [1.165, 1.54) is 14.2 Å². The van der Waals surface area contributed by atoms with Gasteiger partial charge >= 0.3 is 6.09 Å². The first-order valence-electron chi connectivity index (χ1n) is 5.41. The lowest BCUT2D eigenvalue weighted by atomic mass is 10.2. The molecular formula is C12H16N2O4. The molecule has 18 heavy (non-hydrogen) atoms. The first-order valence-corrected chi connectivity index (χ1v) is 5.41. The number of amides is 2. The molecule has 6 heteroatoms. The lowest BCUT2D eigenvalue weighted by Gasteiger charge is -2.07. The van der Waals surface area contributed by atoms with Gasteiger partial charge in [0.05, 0.1) is 14.2 Å². The Bertz CT molecular complexity index is 420. The van der Waals surface area contributed by atoms with Crippen LogP contribution in [-0.2, 0) is 4.74 Å². The number of benzene rings is 1. The molecule has 0 aromatic heterocycles. The second kappa shape index (κ2) is 7.16. The van der Waals surface area contributed by atoms with Crippen LogP contribution >= 0.6 is 0 Å². The van der Waals surface area contributed by atoms with Gasteiger partial charge < -0.3 is 20.1 Å². The second-order valence-electron chi connectivity index (χ2n) is 3.41. The Balaban J connectivity index is 2.38. The van der Waals surface area contributed by atoms with Crippen LogP contribution in [0.2, 0.25) is 0 Å². The van der Waals surface area contributed by atoms with Crippen molar-refractivity contribution in [3.8, 4) is 5.75 Å². The molecule has 2 N–H and O–H groups in total. The van der Waals surface area contributed by atoms with Crippen molar-refractivity contribution in [2.45, 2.75) is 0 Å². The van der Waals surface area contributed by atoms with Gasteiger partial charge in [0.15, 0.2) is 0 Å². The van der Waals surface area contributed by atoms with Gasteiger partial charge in [0.25, 0.3) is 5.91 Å². The van der Waals surface area contributed by atoms with Gasteiger partial charge in [0.1, 0.15) is 5.75 Å². The smallest absolute Gasteiger partial charge is 0.406 e. The predicted octanol–water partition coefficient (Wildman–Crippen LogP) is 0.781. The van der Waals surface area contributed by atoms with Crippen LogP contribution in [-0.4, -0.2) is 39.3 Å². The van der Waals surface area contributed by atoms with Gasteiger partial charge in [-0.15, -0.1) is 0 Å². The van der Waals surface area contributed by atoms with E-state index >= 15 is 0 Å². The van der Waals surface area contributed by atoms with Crippen LogP contribution in [0.1, 0.15) is 10.4 Å². The van der Waals surface area contributed by atoms with Gasteiger partial charge in [-0.3, -0.25) is 4.79 Å². The van der Waals surface area contributed by atoms with Gasteiger partial charge in [-0.1, -0.05) is 6.07 Å². The highest BCUT2D eigenvalue weighted by Gasteiger charge is 2.06. The zero-order valence-electron chi connectivity index (χ0n) is 10.4. The van der Waals surface area contributed by atoms with Crippen molar-refractivity contribution < 1.29 is 19.1 Å². The number of rotatable bonds is 5. The first kappa shape index (κ1) is 13.8. The molecule has 0 unspecified atom stereocenters. The average Bonchev–Trinajstić information content (AvgIpc) is 2.43. The minimum absolute atomic E-state index is 0.222. The first-order chi connectivity index (χ1) is 8.67. The Labute approximate surface area is 105 Å². The summed E-state index contributed by atoms with van der Waals surface area (Å²) in [5.74, 6) is 0.399. The van der Waals surface area contributed by atoms with Crippen LogP contribution in [0.15, 0.2) is 24.3 Å². The van der Waals surface area contributed by atoms with E-state index in [9.17, 15) is 9.59 Å². The summed E-state index contributed by atoms with van der Waals surface area (Å²) >= 11 is 0. The molecule has 1 rings (SSSR count). The molecule has 0 spiro atoms. The lowest BCUT2D eigenvalue weighted by Crippen LogP contribution is -2.34. The maximum atomic E-state index is 11.7. The molecule has 0 saturated heterocycles. The van der Waals surface area contributed by atoms with Crippen molar-refractivity contribution in [2.24, 2.45) is 0 Å². The van der Waals surface area contributed by atoms with E-state index in [4.69, 9.17) is 4.74 Å². The Morgan fingerprint density at radius 1 is 1.17 bits per heavy atom. The van der Waals surface area contributed by atoms with Gasteiger partial charge in [-0.25, -0.2) is 4.79 Å². The summed E-state index contributed by atoms with van der Waals surface area (Å²) in [6.45, 7) is 0.632. The molecule has 0 radical (unpaired) electrons. The van der Waals surface area contributed by atoms with E-state index in [0.717, 1.165) is 0 Å². The van der Waals surface area contributed by atoms with Gasteiger partial charge in [0.2, 0.25) is 0 Å². The number of alkyl carbamates (subject to hydrolysis) is 1. The zero-order valence-corrected chi connectivity index (χ0v) is 10.4. The SMILES string of the molecule is COC(=O)NCCNC(=O)c1cccc(OC)c1. The van der Waals surface area contributed by atoms with Crippen molar-refractivity contribution in [3.05, 3.63) is 29.8 Å². The van der Waals surface area contributed by atoms with Crippen molar-refractivity contribution in [3.63, 3.8) is 0 Å². The van der Waals surface area contributed by atoms with Crippen molar-refractivity contribution >= 4 is 12.0 Å². The van der Waals surface area contributed by atoms with Crippen LogP contribution in [0.25, 0.3) is 0 Å². The molecule has 1 aromatic carbocycles. The van der Waals surface area contributed by atoms with Gasteiger partial charge in [0, 0.05) is 18.7 Å². The average molecular weight is 252 g/mol. The summed E-state index contributed by atoms with van der Waals surface area (Å²) in [5.41, 5.74) is 0.507. The normalized spacial score (nSPS) is 9.44. The molecule has 0 atom stereocenters. The van der Waals surface area contributed by atoms with Crippen molar-refractivity contribution in [1.82, 2.24) is 10.6 Å². The standard InChI is InChI=1S/C12H16N2O4/c1-17-10-5-3-4-9(8-10)11(15)13-6-7-14-12(16)18-2/h3-5,8H,6-7H2,1-2H3,(H,13,15)(H,14,16). The van der Waals surface area contributed by atoms with Crippen LogP contribution < -0.4 is 15.4 Å². The lowest BCUT2D eigenvalue weighted by molar-refractivity contribution is 0.0952. The highest BCUT2D eigenvalue weighted by molar-refractivity contribution is 5.94. The Hall–Kier alpha value is -2.24. The Morgan fingerprint density at radius 2 is 1.89 bits per heavy atom. The summed E-state index contributed by atoms with van der Waals surface area (Å²) < 4.78 is 9.42. The second-order valence-corrected chi connectivity index (χ2v) is 3.41. The molecule has 0 heterocycles. The third-order valence-corrected chi connectivity index (χ3v) is 2.20. The third kappa shape index (κ3) is 4.32.